The van der Waals surface area contributed by atoms with Gasteiger partial charge in [0, 0.05) is 31.7 Å². The summed E-state index contributed by atoms with van der Waals surface area (Å²) in [4.78, 5) is 9.86. The Morgan fingerprint density at radius 1 is 1.18 bits per heavy atom. The summed E-state index contributed by atoms with van der Waals surface area (Å²) in [5, 5.41) is 3.49. The van der Waals surface area contributed by atoms with E-state index in [0.29, 0.717) is 0 Å². The number of rotatable bonds is 5. The van der Waals surface area contributed by atoms with Crippen LogP contribution in [0.3, 0.4) is 0 Å². The summed E-state index contributed by atoms with van der Waals surface area (Å²) in [6, 6.07) is 8.50. The molecule has 1 aromatic carbocycles. The van der Waals surface area contributed by atoms with Crippen molar-refractivity contribution in [2.45, 2.75) is 39.3 Å². The molecule has 2 aliphatic rings. The van der Waals surface area contributed by atoms with E-state index in [-0.39, 0.29) is 11.6 Å². The topological polar surface area (TPSA) is 49.3 Å². The summed E-state index contributed by atoms with van der Waals surface area (Å²) in [6.07, 6.45) is 0.0889. The predicted octanol–water partition coefficient (Wildman–Crippen LogP) is 2.44. The van der Waals surface area contributed by atoms with Gasteiger partial charge >= 0.3 is 0 Å². The van der Waals surface area contributed by atoms with E-state index in [1.54, 1.807) is 0 Å². The third kappa shape index (κ3) is 5.25. The van der Waals surface area contributed by atoms with Gasteiger partial charge in [-0.05, 0) is 38.8 Å². The molecule has 0 aliphatic carbocycles. The van der Waals surface area contributed by atoms with Gasteiger partial charge in [0.2, 0.25) is 0 Å². The molecule has 6 heteroatoms. The number of ether oxygens (including phenoxy) is 2. The molecule has 2 heterocycles. The third-order valence-electron chi connectivity index (χ3n) is 5.72. The van der Waals surface area contributed by atoms with Gasteiger partial charge in [0.05, 0.1) is 32.9 Å². The number of aryl methyl sites for hydroxylation is 1. The molecule has 3 rings (SSSR count). The summed E-state index contributed by atoms with van der Waals surface area (Å²) >= 11 is 0. The molecule has 2 aliphatic heterocycles. The van der Waals surface area contributed by atoms with Gasteiger partial charge < -0.3 is 19.7 Å². The van der Waals surface area contributed by atoms with Gasteiger partial charge in [-0.1, -0.05) is 24.3 Å². The number of hydrogen-bond donors (Lipinski definition) is 1. The smallest absolute Gasteiger partial charge is 0.194 e. The van der Waals surface area contributed by atoms with Crippen molar-refractivity contribution in [1.29, 1.82) is 0 Å². The molecule has 28 heavy (non-hydrogen) atoms. The summed E-state index contributed by atoms with van der Waals surface area (Å²) in [5.74, 6) is 0.991. The van der Waals surface area contributed by atoms with Crippen molar-refractivity contribution in [1.82, 2.24) is 15.1 Å². The number of morpholine rings is 2. The van der Waals surface area contributed by atoms with Gasteiger partial charge in [-0.2, -0.15) is 0 Å². The summed E-state index contributed by atoms with van der Waals surface area (Å²) in [7, 11) is 0. The van der Waals surface area contributed by atoms with E-state index in [0.717, 1.165) is 65.0 Å². The van der Waals surface area contributed by atoms with E-state index in [4.69, 9.17) is 14.5 Å². The Labute approximate surface area is 169 Å². The van der Waals surface area contributed by atoms with Crippen LogP contribution in [0.15, 0.2) is 29.3 Å². The van der Waals surface area contributed by atoms with E-state index < -0.39 is 0 Å². The Bertz CT molecular complexity index is 656. The summed E-state index contributed by atoms with van der Waals surface area (Å²) in [6.45, 7) is 16.5. The lowest BCUT2D eigenvalue weighted by molar-refractivity contribution is -0.0105. The van der Waals surface area contributed by atoms with E-state index in [1.165, 1.54) is 11.1 Å². The molecule has 2 saturated heterocycles. The zero-order chi connectivity index (χ0) is 20.0. The molecule has 0 radical (unpaired) electrons. The average molecular weight is 389 g/mol. The van der Waals surface area contributed by atoms with Crippen LogP contribution < -0.4 is 5.32 Å². The minimum Gasteiger partial charge on any atom is -0.379 e. The highest BCUT2D eigenvalue weighted by Crippen LogP contribution is 2.25. The molecular weight excluding hydrogens is 352 g/mol. The largest absolute Gasteiger partial charge is 0.379 e. The number of nitrogens with zero attached hydrogens (tertiary/aromatic N) is 3. The minimum absolute atomic E-state index is 0.0200. The minimum atomic E-state index is 0.0200. The first-order valence-corrected chi connectivity index (χ1v) is 10.5. The fourth-order valence-corrected chi connectivity index (χ4v) is 3.94. The van der Waals surface area contributed by atoms with Crippen molar-refractivity contribution in [3.63, 3.8) is 0 Å². The SMILES string of the molecule is CCNC(=NCC(C)(C)N1CCOCC1)N1CCOC(c2ccccc2C)C1. The average Bonchev–Trinajstić information content (AvgIpc) is 2.72. The first kappa shape index (κ1) is 21.1. The fraction of sp³-hybridized carbons (Fsp3) is 0.682. The fourth-order valence-electron chi connectivity index (χ4n) is 3.94. The van der Waals surface area contributed by atoms with Crippen LogP contribution in [0.25, 0.3) is 0 Å². The van der Waals surface area contributed by atoms with Crippen molar-refractivity contribution in [3.8, 4) is 0 Å². The molecular formula is C22H36N4O2. The first-order chi connectivity index (χ1) is 13.5. The van der Waals surface area contributed by atoms with Gasteiger partial charge in [-0.25, -0.2) is 0 Å². The number of benzene rings is 1. The molecule has 0 aromatic heterocycles. The van der Waals surface area contributed by atoms with Gasteiger partial charge in [-0.15, -0.1) is 0 Å². The highest BCUT2D eigenvalue weighted by Gasteiger charge is 2.29. The highest BCUT2D eigenvalue weighted by atomic mass is 16.5. The molecule has 0 spiro atoms. The van der Waals surface area contributed by atoms with Crippen molar-refractivity contribution >= 4 is 5.96 Å². The summed E-state index contributed by atoms with van der Waals surface area (Å²) < 4.78 is 11.6. The van der Waals surface area contributed by atoms with Crippen molar-refractivity contribution < 1.29 is 9.47 Å². The third-order valence-corrected chi connectivity index (χ3v) is 5.72. The van der Waals surface area contributed by atoms with Crippen LogP contribution in [0.4, 0.5) is 0 Å². The Morgan fingerprint density at radius 2 is 1.93 bits per heavy atom. The quantitative estimate of drug-likeness (QED) is 0.620. The number of nitrogens with one attached hydrogen (secondary N) is 1. The van der Waals surface area contributed by atoms with E-state index in [2.05, 4.69) is 67.1 Å². The van der Waals surface area contributed by atoms with Gasteiger partial charge in [-0.3, -0.25) is 9.89 Å². The van der Waals surface area contributed by atoms with Crippen LogP contribution in [-0.4, -0.2) is 80.4 Å². The molecule has 1 atom stereocenters. The predicted molar refractivity (Wildman–Crippen MR) is 114 cm³/mol. The van der Waals surface area contributed by atoms with Crippen molar-refractivity contribution in [3.05, 3.63) is 35.4 Å². The standard InChI is InChI=1S/C22H36N4O2/c1-5-23-21(24-17-22(3,4)26-11-13-27-14-12-26)25-10-15-28-20(16-25)19-9-7-6-8-18(19)2/h6-9,20H,5,10-17H2,1-4H3,(H,23,24). The van der Waals surface area contributed by atoms with Gasteiger partial charge in [0.15, 0.2) is 5.96 Å². The lowest BCUT2D eigenvalue weighted by atomic mass is 10.0. The normalized spacial score (nSPS) is 22.4. The lowest BCUT2D eigenvalue weighted by Crippen LogP contribution is -2.53. The number of hydrogen-bond acceptors (Lipinski definition) is 4. The highest BCUT2D eigenvalue weighted by molar-refractivity contribution is 5.80. The zero-order valence-corrected chi connectivity index (χ0v) is 17.9. The molecule has 1 unspecified atom stereocenters. The molecule has 1 aromatic rings. The van der Waals surface area contributed by atoms with E-state index in [9.17, 15) is 0 Å². The summed E-state index contributed by atoms with van der Waals surface area (Å²) in [5.41, 5.74) is 2.58. The van der Waals surface area contributed by atoms with Crippen LogP contribution in [0.2, 0.25) is 0 Å². The zero-order valence-electron chi connectivity index (χ0n) is 17.9. The second-order valence-corrected chi connectivity index (χ2v) is 8.24. The maximum absolute atomic E-state index is 6.10. The van der Waals surface area contributed by atoms with Crippen LogP contribution in [0.1, 0.15) is 38.0 Å². The number of guanidine groups is 1. The molecule has 6 nitrogen and oxygen atoms in total. The Morgan fingerprint density at radius 3 is 2.64 bits per heavy atom. The van der Waals surface area contributed by atoms with Gasteiger partial charge in [0.25, 0.3) is 0 Å². The van der Waals surface area contributed by atoms with Crippen LogP contribution in [0.5, 0.6) is 0 Å². The molecule has 156 valence electrons. The van der Waals surface area contributed by atoms with E-state index in [1.807, 2.05) is 0 Å². The Hall–Kier alpha value is -1.63. The van der Waals surface area contributed by atoms with Crippen LogP contribution in [0, 0.1) is 6.92 Å². The number of aliphatic imine (C=N–C) groups is 1. The lowest BCUT2D eigenvalue weighted by Gasteiger charge is -2.40. The molecule has 0 saturated carbocycles. The monoisotopic (exact) mass is 388 g/mol. The van der Waals surface area contributed by atoms with Crippen molar-refractivity contribution in [2.75, 3.05) is 59.1 Å². The second-order valence-electron chi connectivity index (χ2n) is 8.24. The molecule has 0 bridgehead atoms. The Balaban J connectivity index is 1.70. The van der Waals surface area contributed by atoms with Crippen molar-refractivity contribution in [2.24, 2.45) is 4.99 Å². The molecule has 0 amide bonds. The second kappa shape index (κ2) is 9.72. The first-order valence-electron chi connectivity index (χ1n) is 10.5. The van der Waals surface area contributed by atoms with Crippen LogP contribution in [-0.2, 0) is 9.47 Å². The van der Waals surface area contributed by atoms with E-state index >= 15 is 0 Å². The molecule has 2 fully saturated rings. The Kier molecular flexibility index (Phi) is 7.32. The van der Waals surface area contributed by atoms with Gasteiger partial charge in [0.1, 0.15) is 6.10 Å². The van der Waals surface area contributed by atoms with Crippen LogP contribution >= 0.6 is 0 Å². The molecule has 1 N–H and O–H groups in total. The maximum atomic E-state index is 6.10. The maximum Gasteiger partial charge on any atom is 0.194 e.